The Balaban J connectivity index is 1.69. The zero-order chi connectivity index (χ0) is 16.6. The van der Waals surface area contributed by atoms with Gasteiger partial charge in [-0.25, -0.2) is 24.3 Å². The molecule has 1 saturated heterocycles. The highest BCUT2D eigenvalue weighted by Crippen LogP contribution is 2.31. The summed E-state index contributed by atoms with van der Waals surface area (Å²) in [5.41, 5.74) is -0.985. The highest BCUT2D eigenvalue weighted by molar-refractivity contribution is 5.48. The molecule has 122 valence electrons. The summed E-state index contributed by atoms with van der Waals surface area (Å²) < 4.78 is 51.6. The molecule has 0 bridgehead atoms. The number of rotatable bonds is 3. The van der Waals surface area contributed by atoms with Crippen molar-refractivity contribution in [2.75, 3.05) is 29.9 Å². The van der Waals surface area contributed by atoms with Crippen LogP contribution in [0.5, 0.6) is 0 Å². The minimum absolute atomic E-state index is 0.0799. The number of halogens is 4. The van der Waals surface area contributed by atoms with Gasteiger partial charge in [-0.05, 0) is 0 Å². The third kappa shape index (κ3) is 3.01. The predicted octanol–water partition coefficient (Wildman–Crippen LogP) is 1.75. The Morgan fingerprint density at radius 1 is 1.17 bits per heavy atom. The summed E-state index contributed by atoms with van der Waals surface area (Å²) in [5.74, 6) is -0.196. The number of nitrogens with zero attached hydrogens (tertiary/aromatic N) is 6. The number of anilines is 2. The van der Waals surface area contributed by atoms with Crippen LogP contribution in [0.4, 0.5) is 29.2 Å². The molecule has 1 fully saturated rings. The molecule has 0 unspecified atom stereocenters. The van der Waals surface area contributed by atoms with Crippen LogP contribution in [0.3, 0.4) is 0 Å². The third-order valence-electron chi connectivity index (χ3n) is 3.66. The fourth-order valence-corrected chi connectivity index (χ4v) is 2.30. The molecule has 0 saturated carbocycles. The van der Waals surface area contributed by atoms with Crippen molar-refractivity contribution < 1.29 is 17.6 Å². The van der Waals surface area contributed by atoms with E-state index in [-0.39, 0.29) is 17.7 Å². The first kappa shape index (κ1) is 15.4. The Hall–Kier alpha value is -2.52. The van der Waals surface area contributed by atoms with E-state index in [0.29, 0.717) is 13.1 Å². The van der Waals surface area contributed by atoms with E-state index in [9.17, 15) is 17.6 Å². The van der Waals surface area contributed by atoms with Gasteiger partial charge in [-0.2, -0.15) is 13.2 Å². The van der Waals surface area contributed by atoms with Crippen LogP contribution in [0, 0.1) is 5.82 Å². The smallest absolute Gasteiger partial charge is 0.352 e. The molecule has 3 heterocycles. The van der Waals surface area contributed by atoms with Crippen molar-refractivity contribution >= 4 is 11.6 Å². The Morgan fingerprint density at radius 3 is 2.57 bits per heavy atom. The van der Waals surface area contributed by atoms with Gasteiger partial charge in [0.1, 0.15) is 24.2 Å². The number of aromatic nitrogens is 4. The lowest BCUT2D eigenvalue weighted by atomic mass is 10.1. The first-order valence-corrected chi connectivity index (χ1v) is 6.69. The number of hydrogen-bond acceptors (Lipinski definition) is 6. The van der Waals surface area contributed by atoms with Crippen molar-refractivity contribution in [2.24, 2.45) is 0 Å². The van der Waals surface area contributed by atoms with E-state index < -0.39 is 17.7 Å². The topological polar surface area (TPSA) is 58.0 Å². The molecular weight excluding hydrogens is 316 g/mol. The quantitative estimate of drug-likeness (QED) is 0.800. The van der Waals surface area contributed by atoms with E-state index in [1.165, 1.54) is 6.33 Å². The van der Waals surface area contributed by atoms with Gasteiger partial charge in [-0.3, -0.25) is 0 Å². The van der Waals surface area contributed by atoms with Crippen molar-refractivity contribution in [1.29, 1.82) is 0 Å². The van der Waals surface area contributed by atoms with Crippen molar-refractivity contribution in [3.63, 3.8) is 0 Å². The minimum atomic E-state index is -4.51. The molecular formula is C13H12F4N6. The maximum absolute atomic E-state index is 13.6. The molecule has 0 amide bonds. The van der Waals surface area contributed by atoms with Gasteiger partial charge in [0.25, 0.3) is 0 Å². The monoisotopic (exact) mass is 328 g/mol. The fourth-order valence-electron chi connectivity index (χ4n) is 2.30. The highest BCUT2D eigenvalue weighted by atomic mass is 19.4. The Bertz CT molecular complexity index is 701. The van der Waals surface area contributed by atoms with Gasteiger partial charge in [0.15, 0.2) is 11.6 Å². The second kappa shape index (κ2) is 5.60. The van der Waals surface area contributed by atoms with E-state index in [1.807, 2.05) is 0 Å². The molecule has 0 aromatic carbocycles. The zero-order valence-electron chi connectivity index (χ0n) is 12.0. The summed E-state index contributed by atoms with van der Waals surface area (Å²) in [6, 6.07) is 0.824. The molecule has 0 spiro atoms. The molecule has 2 aromatic rings. The van der Waals surface area contributed by atoms with Crippen molar-refractivity contribution in [3.05, 3.63) is 36.4 Å². The molecule has 0 radical (unpaired) electrons. The average molecular weight is 328 g/mol. The predicted molar refractivity (Wildman–Crippen MR) is 73.4 cm³/mol. The van der Waals surface area contributed by atoms with Crippen LogP contribution < -0.4 is 9.80 Å². The minimum Gasteiger partial charge on any atom is -0.352 e. The Kier molecular flexibility index (Phi) is 3.74. The summed E-state index contributed by atoms with van der Waals surface area (Å²) >= 11 is 0. The van der Waals surface area contributed by atoms with Gasteiger partial charge in [0, 0.05) is 26.2 Å². The molecule has 2 aromatic heterocycles. The van der Waals surface area contributed by atoms with Crippen LogP contribution in [0.1, 0.15) is 5.69 Å². The van der Waals surface area contributed by atoms with Gasteiger partial charge in [-0.15, -0.1) is 0 Å². The SMILES string of the molecule is CN(c1ncncc1F)C1CN(c2cc(C(F)(F)F)ncn2)C1. The summed E-state index contributed by atoms with van der Waals surface area (Å²) in [4.78, 5) is 17.8. The van der Waals surface area contributed by atoms with Crippen LogP contribution in [-0.4, -0.2) is 46.1 Å². The van der Waals surface area contributed by atoms with Gasteiger partial charge in [0.05, 0.1) is 12.2 Å². The largest absolute Gasteiger partial charge is 0.433 e. The first-order valence-electron chi connectivity index (χ1n) is 6.69. The van der Waals surface area contributed by atoms with Crippen LogP contribution in [-0.2, 0) is 6.18 Å². The normalized spacial score (nSPS) is 15.4. The molecule has 23 heavy (non-hydrogen) atoms. The van der Waals surface area contributed by atoms with Crippen LogP contribution in [0.15, 0.2) is 24.9 Å². The van der Waals surface area contributed by atoms with Gasteiger partial charge in [0.2, 0.25) is 0 Å². The molecule has 0 N–H and O–H groups in total. The Morgan fingerprint density at radius 2 is 1.91 bits per heavy atom. The summed E-state index contributed by atoms with van der Waals surface area (Å²) in [6.07, 6.45) is -1.32. The molecule has 6 nitrogen and oxygen atoms in total. The van der Waals surface area contributed by atoms with E-state index in [2.05, 4.69) is 19.9 Å². The molecule has 1 aliphatic rings. The molecule has 3 rings (SSSR count). The van der Waals surface area contributed by atoms with Gasteiger partial charge >= 0.3 is 6.18 Å². The lowest BCUT2D eigenvalue weighted by Crippen LogP contribution is -2.59. The van der Waals surface area contributed by atoms with Crippen LogP contribution >= 0.6 is 0 Å². The maximum Gasteiger partial charge on any atom is 0.433 e. The standard InChI is InChI=1S/C13H12F4N6/c1-22(12-9(14)3-18-6-21-12)8-4-23(5-8)11-2-10(13(15,16)17)19-7-20-11/h2-3,6-8H,4-5H2,1H3. The van der Waals surface area contributed by atoms with E-state index in [1.54, 1.807) is 16.8 Å². The Labute approximate surface area is 128 Å². The van der Waals surface area contributed by atoms with E-state index in [4.69, 9.17) is 0 Å². The third-order valence-corrected chi connectivity index (χ3v) is 3.66. The second-order valence-corrected chi connectivity index (χ2v) is 5.12. The summed E-state index contributed by atoms with van der Waals surface area (Å²) in [7, 11) is 1.68. The number of alkyl halides is 3. The lowest BCUT2D eigenvalue weighted by molar-refractivity contribution is -0.141. The van der Waals surface area contributed by atoms with Crippen molar-refractivity contribution in [1.82, 2.24) is 19.9 Å². The van der Waals surface area contributed by atoms with Gasteiger partial charge in [-0.1, -0.05) is 0 Å². The average Bonchev–Trinajstić information content (AvgIpc) is 2.45. The second-order valence-electron chi connectivity index (χ2n) is 5.12. The zero-order valence-corrected chi connectivity index (χ0v) is 12.0. The van der Waals surface area contributed by atoms with Gasteiger partial charge < -0.3 is 9.80 Å². The molecule has 1 aliphatic heterocycles. The lowest BCUT2D eigenvalue weighted by Gasteiger charge is -2.45. The first-order chi connectivity index (χ1) is 10.9. The fraction of sp³-hybridized carbons (Fsp3) is 0.385. The highest BCUT2D eigenvalue weighted by Gasteiger charge is 2.36. The van der Waals surface area contributed by atoms with Crippen LogP contribution in [0.2, 0.25) is 0 Å². The maximum atomic E-state index is 13.6. The summed E-state index contributed by atoms with van der Waals surface area (Å²) in [5, 5.41) is 0. The van der Waals surface area contributed by atoms with Crippen molar-refractivity contribution in [3.8, 4) is 0 Å². The summed E-state index contributed by atoms with van der Waals surface area (Å²) in [6.45, 7) is 0.822. The van der Waals surface area contributed by atoms with Crippen molar-refractivity contribution in [2.45, 2.75) is 12.2 Å². The molecule has 0 aliphatic carbocycles. The molecule has 10 heteroatoms. The van der Waals surface area contributed by atoms with Crippen LogP contribution in [0.25, 0.3) is 0 Å². The van der Waals surface area contributed by atoms with E-state index in [0.717, 1.165) is 18.6 Å². The van der Waals surface area contributed by atoms with E-state index >= 15 is 0 Å². The number of hydrogen-bond donors (Lipinski definition) is 0. The number of likely N-dealkylation sites (N-methyl/N-ethyl adjacent to an activating group) is 1. The molecule has 0 atom stereocenters.